The Morgan fingerprint density at radius 2 is 1.87 bits per heavy atom. The number of nitrogen functional groups attached to an aromatic ring is 1. The Labute approximate surface area is 87.1 Å². The highest BCUT2D eigenvalue weighted by Crippen LogP contribution is 2.25. The quantitative estimate of drug-likeness (QED) is 0.747. The van der Waals surface area contributed by atoms with Gasteiger partial charge < -0.3 is 15.7 Å². The Morgan fingerprint density at radius 3 is 2.27 bits per heavy atom. The number of likely N-dealkylation sites (N-methyl/N-ethyl adjacent to an activating group) is 1. The van der Waals surface area contributed by atoms with Crippen LogP contribution in [0.15, 0.2) is 12.1 Å². The highest BCUT2D eigenvalue weighted by Gasteiger charge is 2.15. The summed E-state index contributed by atoms with van der Waals surface area (Å²) >= 11 is 0. The molecule has 0 saturated heterocycles. The maximum atomic E-state index is 13.4. The minimum Gasteiger partial charge on any atom is -0.399 e. The van der Waals surface area contributed by atoms with E-state index >= 15 is 0 Å². The predicted octanol–water partition coefficient (Wildman–Crippen LogP) is 1.37. The maximum Gasteiger partial charge on any atom is 0.151 e. The van der Waals surface area contributed by atoms with Gasteiger partial charge in [-0.3, -0.25) is 0 Å². The molecule has 3 nitrogen and oxygen atoms in total. The Kier molecular flexibility index (Phi) is 3.85. The van der Waals surface area contributed by atoms with Gasteiger partial charge in [0.2, 0.25) is 0 Å². The third kappa shape index (κ3) is 2.56. The summed E-state index contributed by atoms with van der Waals surface area (Å²) in [6.07, 6.45) is 0. The van der Waals surface area contributed by atoms with Gasteiger partial charge in [-0.2, -0.15) is 0 Å². The van der Waals surface area contributed by atoms with Crippen LogP contribution < -0.4 is 10.6 Å². The molecule has 84 valence electrons. The lowest BCUT2D eigenvalue weighted by molar-refractivity contribution is 0.301. The van der Waals surface area contributed by atoms with Gasteiger partial charge in [0.25, 0.3) is 0 Å². The first-order chi connectivity index (χ1) is 7.10. The van der Waals surface area contributed by atoms with Crippen molar-refractivity contribution < 1.29 is 13.9 Å². The van der Waals surface area contributed by atoms with E-state index in [2.05, 4.69) is 0 Å². The molecule has 0 saturated carbocycles. The zero-order valence-electron chi connectivity index (χ0n) is 8.50. The zero-order chi connectivity index (χ0) is 11.4. The Morgan fingerprint density at radius 1 is 1.33 bits per heavy atom. The van der Waals surface area contributed by atoms with E-state index in [1.807, 2.05) is 0 Å². The van der Waals surface area contributed by atoms with Crippen molar-refractivity contribution in [3.8, 4) is 0 Å². The fraction of sp³-hybridized carbons (Fsp3) is 0.400. The molecule has 0 amide bonds. The van der Waals surface area contributed by atoms with E-state index in [0.717, 1.165) is 12.1 Å². The minimum absolute atomic E-state index is 0.0498. The third-order valence-electron chi connectivity index (χ3n) is 2.11. The molecule has 1 aromatic carbocycles. The van der Waals surface area contributed by atoms with Crippen molar-refractivity contribution in [1.29, 1.82) is 0 Å². The van der Waals surface area contributed by atoms with Gasteiger partial charge in [-0.25, -0.2) is 8.78 Å². The van der Waals surface area contributed by atoms with E-state index in [-0.39, 0.29) is 24.5 Å². The first kappa shape index (κ1) is 11.7. The van der Waals surface area contributed by atoms with Gasteiger partial charge in [-0.05, 0) is 19.1 Å². The fourth-order valence-corrected chi connectivity index (χ4v) is 1.44. The molecule has 0 spiro atoms. The lowest BCUT2D eigenvalue weighted by atomic mass is 10.2. The van der Waals surface area contributed by atoms with Gasteiger partial charge >= 0.3 is 0 Å². The second-order valence-electron chi connectivity index (χ2n) is 3.14. The van der Waals surface area contributed by atoms with Crippen molar-refractivity contribution in [3.05, 3.63) is 23.8 Å². The van der Waals surface area contributed by atoms with Crippen LogP contribution in [0.5, 0.6) is 0 Å². The lowest BCUT2D eigenvalue weighted by Gasteiger charge is -2.23. The van der Waals surface area contributed by atoms with Crippen molar-refractivity contribution in [1.82, 2.24) is 0 Å². The van der Waals surface area contributed by atoms with E-state index < -0.39 is 11.6 Å². The van der Waals surface area contributed by atoms with Crippen LogP contribution in [0, 0.1) is 11.6 Å². The molecule has 0 aliphatic carbocycles. The summed E-state index contributed by atoms with van der Waals surface area (Å²) in [6.45, 7) is 2.20. The van der Waals surface area contributed by atoms with Crippen LogP contribution in [-0.4, -0.2) is 24.8 Å². The molecule has 1 rings (SSSR count). The van der Waals surface area contributed by atoms with Crippen LogP contribution in [-0.2, 0) is 0 Å². The molecule has 0 bridgehead atoms. The van der Waals surface area contributed by atoms with Crippen molar-refractivity contribution in [2.24, 2.45) is 0 Å². The second kappa shape index (κ2) is 4.93. The van der Waals surface area contributed by atoms with Gasteiger partial charge in [0.1, 0.15) is 5.69 Å². The Balaban J connectivity index is 3.11. The highest BCUT2D eigenvalue weighted by atomic mass is 19.1. The van der Waals surface area contributed by atoms with Crippen molar-refractivity contribution in [2.45, 2.75) is 6.92 Å². The van der Waals surface area contributed by atoms with Crippen LogP contribution in [0.4, 0.5) is 20.2 Å². The molecule has 0 atom stereocenters. The molecular formula is C10H14F2N2O. The molecule has 3 N–H and O–H groups in total. The topological polar surface area (TPSA) is 49.5 Å². The lowest BCUT2D eigenvalue weighted by Crippen LogP contribution is -2.28. The van der Waals surface area contributed by atoms with Gasteiger partial charge in [-0.1, -0.05) is 0 Å². The molecule has 0 fully saturated rings. The average Bonchev–Trinajstić information content (AvgIpc) is 2.14. The third-order valence-corrected chi connectivity index (χ3v) is 2.11. The largest absolute Gasteiger partial charge is 0.399 e. The predicted molar refractivity (Wildman–Crippen MR) is 55.7 cm³/mol. The van der Waals surface area contributed by atoms with E-state index in [1.54, 1.807) is 6.92 Å². The Hall–Kier alpha value is -1.36. The number of hydrogen-bond donors (Lipinski definition) is 2. The van der Waals surface area contributed by atoms with Gasteiger partial charge in [-0.15, -0.1) is 0 Å². The standard InChI is InChI=1S/C10H14F2N2O/c1-2-14(3-4-15)10-8(11)5-7(13)6-9(10)12/h5-6,15H,2-4,13H2,1H3. The molecule has 0 radical (unpaired) electrons. The van der Waals surface area contributed by atoms with Gasteiger partial charge in [0.05, 0.1) is 6.61 Å². The highest BCUT2D eigenvalue weighted by molar-refractivity contribution is 5.55. The normalized spacial score (nSPS) is 10.4. The first-order valence-corrected chi connectivity index (χ1v) is 4.70. The summed E-state index contributed by atoms with van der Waals surface area (Å²) < 4.78 is 26.9. The summed E-state index contributed by atoms with van der Waals surface area (Å²) in [7, 11) is 0. The van der Waals surface area contributed by atoms with Crippen LogP contribution in [0.3, 0.4) is 0 Å². The molecule has 0 aliphatic heterocycles. The average molecular weight is 216 g/mol. The maximum absolute atomic E-state index is 13.4. The smallest absolute Gasteiger partial charge is 0.151 e. The molecule has 15 heavy (non-hydrogen) atoms. The first-order valence-electron chi connectivity index (χ1n) is 4.70. The molecule has 0 unspecified atom stereocenters. The monoisotopic (exact) mass is 216 g/mol. The summed E-state index contributed by atoms with van der Waals surface area (Å²) in [6, 6.07) is 2.14. The number of nitrogens with two attached hydrogens (primary N) is 1. The van der Waals surface area contributed by atoms with Crippen LogP contribution in [0.2, 0.25) is 0 Å². The van der Waals surface area contributed by atoms with Crippen molar-refractivity contribution >= 4 is 11.4 Å². The number of hydrogen-bond acceptors (Lipinski definition) is 3. The second-order valence-corrected chi connectivity index (χ2v) is 3.14. The van der Waals surface area contributed by atoms with E-state index in [4.69, 9.17) is 10.8 Å². The molecule has 0 aromatic heterocycles. The molecule has 0 aliphatic rings. The number of aliphatic hydroxyl groups is 1. The number of rotatable bonds is 4. The molecule has 0 heterocycles. The number of aliphatic hydroxyl groups excluding tert-OH is 1. The van der Waals surface area contributed by atoms with E-state index in [1.165, 1.54) is 4.90 Å². The molecule has 5 heteroatoms. The zero-order valence-corrected chi connectivity index (χ0v) is 8.50. The van der Waals surface area contributed by atoms with Crippen LogP contribution >= 0.6 is 0 Å². The number of nitrogens with zero attached hydrogens (tertiary/aromatic N) is 1. The molecule has 1 aromatic rings. The van der Waals surface area contributed by atoms with Crippen LogP contribution in [0.25, 0.3) is 0 Å². The minimum atomic E-state index is -0.706. The summed E-state index contributed by atoms with van der Waals surface area (Å²) in [5.41, 5.74) is 5.21. The summed E-state index contributed by atoms with van der Waals surface area (Å²) in [5.74, 6) is -1.41. The SMILES string of the molecule is CCN(CCO)c1c(F)cc(N)cc1F. The van der Waals surface area contributed by atoms with Crippen molar-refractivity contribution in [3.63, 3.8) is 0 Å². The Bertz CT molecular complexity index is 321. The van der Waals surface area contributed by atoms with E-state index in [9.17, 15) is 8.78 Å². The summed E-state index contributed by atoms with van der Waals surface area (Å²) in [5, 5.41) is 8.75. The number of benzene rings is 1. The summed E-state index contributed by atoms with van der Waals surface area (Å²) in [4.78, 5) is 1.42. The van der Waals surface area contributed by atoms with Gasteiger partial charge in [0, 0.05) is 18.8 Å². The van der Waals surface area contributed by atoms with E-state index in [0.29, 0.717) is 6.54 Å². The van der Waals surface area contributed by atoms with Gasteiger partial charge in [0.15, 0.2) is 11.6 Å². The fourth-order valence-electron chi connectivity index (χ4n) is 1.44. The molecular weight excluding hydrogens is 202 g/mol. The number of halogens is 2. The van der Waals surface area contributed by atoms with Crippen molar-refractivity contribution in [2.75, 3.05) is 30.3 Å². The van der Waals surface area contributed by atoms with Crippen LogP contribution in [0.1, 0.15) is 6.92 Å². The number of anilines is 2.